The molecule has 4 rings (SSSR count). The van der Waals surface area contributed by atoms with Crippen LogP contribution >= 0.6 is 11.6 Å². The average molecular weight is 429 g/mol. The van der Waals surface area contributed by atoms with E-state index in [1.807, 2.05) is 78.9 Å². The van der Waals surface area contributed by atoms with Crippen molar-refractivity contribution in [3.05, 3.63) is 108 Å². The summed E-state index contributed by atoms with van der Waals surface area (Å²) in [5, 5.41) is 15.3. The quantitative estimate of drug-likeness (QED) is 0.355. The van der Waals surface area contributed by atoms with E-state index in [4.69, 9.17) is 16.3 Å². The standard InChI is InChI=1S/C25H21ClN4O/c26-22-11-9-20(10-12-22)16-25(17-27,13-14-30-19-28-18-29-30)21-5-4-8-24(15-21)31-23-6-2-1-3-7-23/h1-12,15,18-19H,13-14,16H2. The van der Waals surface area contributed by atoms with Crippen LogP contribution in [0.3, 0.4) is 0 Å². The van der Waals surface area contributed by atoms with E-state index in [-0.39, 0.29) is 0 Å². The zero-order valence-electron chi connectivity index (χ0n) is 16.9. The zero-order valence-corrected chi connectivity index (χ0v) is 17.6. The molecule has 1 aromatic heterocycles. The Bertz CT molecular complexity index is 1150. The third-order valence-corrected chi connectivity index (χ3v) is 5.48. The highest BCUT2D eigenvalue weighted by Crippen LogP contribution is 2.35. The normalized spacial score (nSPS) is 12.6. The number of ether oxygens (including phenoxy) is 1. The molecule has 0 aliphatic carbocycles. The molecule has 0 radical (unpaired) electrons. The Morgan fingerprint density at radius 1 is 0.968 bits per heavy atom. The molecule has 0 fully saturated rings. The van der Waals surface area contributed by atoms with E-state index >= 15 is 0 Å². The van der Waals surface area contributed by atoms with Gasteiger partial charge in [0, 0.05) is 11.6 Å². The topological polar surface area (TPSA) is 63.7 Å². The molecule has 0 saturated carbocycles. The number of rotatable bonds is 8. The van der Waals surface area contributed by atoms with Gasteiger partial charge in [0.2, 0.25) is 0 Å². The maximum Gasteiger partial charge on any atom is 0.137 e. The smallest absolute Gasteiger partial charge is 0.137 e. The highest BCUT2D eigenvalue weighted by Gasteiger charge is 2.33. The Labute approximate surface area is 186 Å². The summed E-state index contributed by atoms with van der Waals surface area (Å²) >= 11 is 6.06. The van der Waals surface area contributed by atoms with Crippen LogP contribution in [0.5, 0.6) is 11.5 Å². The SMILES string of the molecule is N#CC(CCn1cncn1)(Cc1ccc(Cl)cc1)c1cccc(Oc2ccccc2)c1. The first-order valence-corrected chi connectivity index (χ1v) is 10.4. The highest BCUT2D eigenvalue weighted by molar-refractivity contribution is 6.30. The molecule has 0 saturated heterocycles. The van der Waals surface area contributed by atoms with Crippen molar-refractivity contribution >= 4 is 11.6 Å². The number of hydrogen-bond acceptors (Lipinski definition) is 4. The molecule has 31 heavy (non-hydrogen) atoms. The summed E-state index contributed by atoms with van der Waals surface area (Å²) in [6, 6.07) is 27.6. The third-order valence-electron chi connectivity index (χ3n) is 5.23. The van der Waals surface area contributed by atoms with E-state index in [0.717, 1.165) is 16.9 Å². The summed E-state index contributed by atoms with van der Waals surface area (Å²) in [6.07, 6.45) is 4.29. The summed E-state index contributed by atoms with van der Waals surface area (Å²) in [4.78, 5) is 4.01. The van der Waals surface area contributed by atoms with Gasteiger partial charge in [-0.15, -0.1) is 0 Å². The molecule has 0 N–H and O–H groups in total. The summed E-state index contributed by atoms with van der Waals surface area (Å²) < 4.78 is 7.77. The molecule has 4 aromatic rings. The van der Waals surface area contributed by atoms with E-state index in [1.165, 1.54) is 6.33 Å². The predicted octanol–water partition coefficient (Wildman–Crippen LogP) is 5.82. The van der Waals surface area contributed by atoms with Gasteiger partial charge in [-0.1, -0.05) is 54.1 Å². The lowest BCUT2D eigenvalue weighted by atomic mass is 9.74. The van der Waals surface area contributed by atoms with E-state index in [9.17, 15) is 5.26 Å². The predicted molar refractivity (Wildman–Crippen MR) is 120 cm³/mol. The van der Waals surface area contributed by atoms with E-state index in [0.29, 0.717) is 30.2 Å². The van der Waals surface area contributed by atoms with Crippen LogP contribution in [0.15, 0.2) is 91.5 Å². The lowest BCUT2D eigenvalue weighted by Gasteiger charge is -2.28. The van der Waals surface area contributed by atoms with Crippen LogP contribution in [0.2, 0.25) is 5.02 Å². The number of aryl methyl sites for hydroxylation is 1. The molecule has 0 aliphatic rings. The van der Waals surface area contributed by atoms with E-state index in [1.54, 1.807) is 11.0 Å². The summed E-state index contributed by atoms with van der Waals surface area (Å²) in [5.74, 6) is 1.45. The Hall–Kier alpha value is -3.62. The molecule has 5 nitrogen and oxygen atoms in total. The molecule has 154 valence electrons. The van der Waals surface area contributed by atoms with Gasteiger partial charge in [-0.25, -0.2) is 4.98 Å². The molecule has 1 heterocycles. The molecule has 3 aromatic carbocycles. The Morgan fingerprint density at radius 2 is 1.74 bits per heavy atom. The monoisotopic (exact) mass is 428 g/mol. The van der Waals surface area contributed by atoms with Crippen molar-refractivity contribution in [3.63, 3.8) is 0 Å². The summed E-state index contributed by atoms with van der Waals surface area (Å²) in [6.45, 7) is 0.574. The van der Waals surface area contributed by atoms with Gasteiger partial charge in [-0.3, -0.25) is 4.68 Å². The fourth-order valence-electron chi connectivity index (χ4n) is 3.58. The third kappa shape index (κ3) is 5.11. The summed E-state index contributed by atoms with van der Waals surface area (Å²) in [7, 11) is 0. The maximum absolute atomic E-state index is 10.4. The highest BCUT2D eigenvalue weighted by atomic mass is 35.5. The number of halogens is 1. The maximum atomic E-state index is 10.4. The Morgan fingerprint density at radius 3 is 2.45 bits per heavy atom. The fraction of sp³-hybridized carbons (Fsp3) is 0.160. The van der Waals surface area contributed by atoms with Gasteiger partial charge in [0.1, 0.15) is 24.2 Å². The van der Waals surface area contributed by atoms with Crippen molar-refractivity contribution in [2.45, 2.75) is 24.8 Å². The largest absolute Gasteiger partial charge is 0.457 e. The second-order valence-corrected chi connectivity index (χ2v) is 7.79. The van der Waals surface area contributed by atoms with Crippen molar-refractivity contribution < 1.29 is 4.74 Å². The number of para-hydroxylation sites is 1. The van der Waals surface area contributed by atoms with E-state index in [2.05, 4.69) is 16.2 Å². The van der Waals surface area contributed by atoms with Crippen LogP contribution in [0, 0.1) is 11.3 Å². The van der Waals surface area contributed by atoms with Crippen LogP contribution in [-0.4, -0.2) is 14.8 Å². The van der Waals surface area contributed by atoms with Gasteiger partial charge < -0.3 is 4.74 Å². The molecular formula is C25H21ClN4O. The number of aromatic nitrogens is 3. The average Bonchev–Trinajstić information content (AvgIpc) is 3.33. The first kappa shape index (κ1) is 20.6. The van der Waals surface area contributed by atoms with Crippen LogP contribution in [-0.2, 0) is 18.4 Å². The Kier molecular flexibility index (Phi) is 6.30. The minimum Gasteiger partial charge on any atom is -0.457 e. The van der Waals surface area contributed by atoms with Crippen molar-refractivity contribution in [1.29, 1.82) is 5.26 Å². The summed E-state index contributed by atoms with van der Waals surface area (Å²) in [5.41, 5.74) is 1.17. The molecule has 1 unspecified atom stereocenters. The zero-order chi connectivity index (χ0) is 21.5. The molecule has 0 aliphatic heterocycles. The van der Waals surface area contributed by atoms with Gasteiger partial charge in [0.05, 0.1) is 11.5 Å². The van der Waals surface area contributed by atoms with Crippen molar-refractivity contribution in [1.82, 2.24) is 14.8 Å². The van der Waals surface area contributed by atoms with Gasteiger partial charge >= 0.3 is 0 Å². The van der Waals surface area contributed by atoms with Crippen LogP contribution in [0.4, 0.5) is 0 Å². The van der Waals surface area contributed by atoms with Gasteiger partial charge in [-0.2, -0.15) is 10.4 Å². The van der Waals surface area contributed by atoms with Crippen LogP contribution in [0.1, 0.15) is 17.5 Å². The second kappa shape index (κ2) is 9.46. The molecule has 6 heteroatoms. The van der Waals surface area contributed by atoms with Gasteiger partial charge in [0.25, 0.3) is 0 Å². The molecule has 1 atom stereocenters. The first-order valence-electron chi connectivity index (χ1n) is 9.98. The fourth-order valence-corrected chi connectivity index (χ4v) is 3.71. The number of nitriles is 1. The minimum atomic E-state index is -0.768. The molecular weight excluding hydrogens is 408 g/mol. The van der Waals surface area contributed by atoms with Crippen LogP contribution < -0.4 is 4.74 Å². The van der Waals surface area contributed by atoms with E-state index < -0.39 is 5.41 Å². The second-order valence-electron chi connectivity index (χ2n) is 7.35. The van der Waals surface area contributed by atoms with Crippen LogP contribution in [0.25, 0.3) is 0 Å². The van der Waals surface area contributed by atoms with Crippen molar-refractivity contribution in [2.75, 3.05) is 0 Å². The lowest BCUT2D eigenvalue weighted by Crippen LogP contribution is -2.29. The van der Waals surface area contributed by atoms with Gasteiger partial charge in [0.15, 0.2) is 0 Å². The lowest BCUT2D eigenvalue weighted by molar-refractivity contribution is 0.431. The molecule has 0 spiro atoms. The van der Waals surface area contributed by atoms with Gasteiger partial charge in [-0.05, 0) is 60.4 Å². The van der Waals surface area contributed by atoms with Crippen molar-refractivity contribution in [3.8, 4) is 17.6 Å². The van der Waals surface area contributed by atoms with Crippen molar-refractivity contribution in [2.24, 2.45) is 0 Å². The first-order chi connectivity index (χ1) is 15.2. The molecule has 0 bridgehead atoms. The Balaban J connectivity index is 1.67. The minimum absolute atomic E-state index is 0.546. The number of nitrogens with zero attached hydrogens (tertiary/aromatic N) is 4. The molecule has 0 amide bonds. The number of benzene rings is 3. The number of hydrogen-bond donors (Lipinski definition) is 0.